The second-order valence-corrected chi connectivity index (χ2v) is 10.7. The minimum absolute atomic E-state index is 0.123. The van der Waals surface area contributed by atoms with Crippen molar-refractivity contribution in [2.24, 2.45) is 0 Å². The normalized spacial score (nSPS) is 15.8. The molecule has 1 N–H and O–H groups in total. The zero-order chi connectivity index (χ0) is 27.7. The third-order valence-corrected chi connectivity index (χ3v) is 8.14. The first kappa shape index (κ1) is 27.0. The molecule has 0 radical (unpaired) electrons. The van der Waals surface area contributed by atoms with E-state index in [0.29, 0.717) is 29.1 Å². The van der Waals surface area contributed by atoms with E-state index < -0.39 is 29.3 Å². The van der Waals surface area contributed by atoms with E-state index in [-0.39, 0.29) is 12.1 Å². The fourth-order valence-electron chi connectivity index (χ4n) is 5.08. The van der Waals surface area contributed by atoms with Crippen LogP contribution in [0.4, 0.5) is 13.2 Å². The van der Waals surface area contributed by atoms with Crippen LogP contribution < -0.4 is 5.56 Å². The van der Waals surface area contributed by atoms with Gasteiger partial charge in [0.1, 0.15) is 11.1 Å². The Morgan fingerprint density at radius 2 is 1.77 bits per heavy atom. The number of benzene rings is 3. The summed E-state index contributed by atoms with van der Waals surface area (Å²) >= 11 is 1.25. The Balaban J connectivity index is 1.76. The maximum absolute atomic E-state index is 13.7. The molecular formula is C30H27F3N2O3S. The predicted octanol–water partition coefficient (Wildman–Crippen LogP) is 7.03. The molecule has 0 saturated carbocycles. The molecule has 5 rings (SSSR count). The molecule has 2 heterocycles. The van der Waals surface area contributed by atoms with Crippen LogP contribution in [0, 0.1) is 0 Å². The summed E-state index contributed by atoms with van der Waals surface area (Å²) in [7, 11) is 0. The molecule has 202 valence electrons. The molecule has 0 spiro atoms. The molecule has 5 nitrogen and oxygen atoms in total. The number of carbonyl (C=O) groups is 1. The largest absolute Gasteiger partial charge is 0.480 e. The van der Waals surface area contributed by atoms with Crippen LogP contribution in [0.3, 0.4) is 0 Å². The molecule has 0 saturated heterocycles. The molecule has 4 aromatic rings. The van der Waals surface area contributed by atoms with Gasteiger partial charge < -0.3 is 5.11 Å². The summed E-state index contributed by atoms with van der Waals surface area (Å²) in [5.74, 6) is -1.16. The molecule has 1 aliphatic heterocycles. The Kier molecular flexibility index (Phi) is 7.55. The van der Waals surface area contributed by atoms with E-state index in [9.17, 15) is 27.9 Å². The maximum Gasteiger partial charge on any atom is 0.416 e. The minimum Gasteiger partial charge on any atom is -0.480 e. The molecule has 39 heavy (non-hydrogen) atoms. The van der Waals surface area contributed by atoms with Gasteiger partial charge in [-0.25, -0.2) is 9.10 Å². The van der Waals surface area contributed by atoms with Crippen LogP contribution in [-0.4, -0.2) is 33.0 Å². The highest BCUT2D eigenvalue weighted by Crippen LogP contribution is 2.42. The Morgan fingerprint density at radius 3 is 2.51 bits per heavy atom. The van der Waals surface area contributed by atoms with Crippen LogP contribution in [0.2, 0.25) is 0 Å². The van der Waals surface area contributed by atoms with Crippen molar-refractivity contribution in [3.8, 4) is 11.1 Å². The van der Waals surface area contributed by atoms with E-state index in [1.807, 2.05) is 53.7 Å². The quantitative estimate of drug-likeness (QED) is 0.250. The molecule has 1 unspecified atom stereocenters. The zero-order valence-corrected chi connectivity index (χ0v) is 22.1. The Hall–Kier alpha value is -3.56. The van der Waals surface area contributed by atoms with E-state index in [1.165, 1.54) is 28.6 Å². The second-order valence-electron chi connectivity index (χ2n) is 9.64. The lowest BCUT2D eigenvalue weighted by Crippen LogP contribution is -2.42. The fourth-order valence-corrected chi connectivity index (χ4v) is 6.40. The van der Waals surface area contributed by atoms with Crippen molar-refractivity contribution in [1.82, 2.24) is 8.87 Å². The Labute approximate surface area is 228 Å². The van der Waals surface area contributed by atoms with Crippen molar-refractivity contribution in [1.29, 1.82) is 0 Å². The van der Waals surface area contributed by atoms with Gasteiger partial charge in [-0.15, -0.1) is 0 Å². The van der Waals surface area contributed by atoms with Gasteiger partial charge in [-0.3, -0.25) is 9.36 Å². The Bertz CT molecular complexity index is 1590. The molecule has 0 fully saturated rings. The van der Waals surface area contributed by atoms with Crippen molar-refractivity contribution in [2.75, 3.05) is 13.1 Å². The highest BCUT2D eigenvalue weighted by molar-refractivity contribution is 7.97. The number of carboxylic acids is 1. The summed E-state index contributed by atoms with van der Waals surface area (Å²) in [6.45, 7) is 2.74. The molecule has 0 amide bonds. The molecule has 9 heteroatoms. The van der Waals surface area contributed by atoms with Gasteiger partial charge in [-0.1, -0.05) is 67.9 Å². The highest BCUT2D eigenvalue weighted by Gasteiger charge is 2.36. The molecule has 0 aliphatic carbocycles. The summed E-state index contributed by atoms with van der Waals surface area (Å²) in [5.41, 5.74) is 0.925. The number of hydrogen-bond donors (Lipinski definition) is 1. The number of aliphatic carboxylic acids is 1. The summed E-state index contributed by atoms with van der Waals surface area (Å²) in [6, 6.07) is 18.9. The van der Waals surface area contributed by atoms with E-state index in [4.69, 9.17) is 0 Å². The van der Waals surface area contributed by atoms with Gasteiger partial charge in [0.05, 0.1) is 5.56 Å². The molecule has 0 bridgehead atoms. The van der Waals surface area contributed by atoms with Crippen molar-refractivity contribution in [3.63, 3.8) is 0 Å². The van der Waals surface area contributed by atoms with Gasteiger partial charge in [0.2, 0.25) is 0 Å². The second kappa shape index (κ2) is 10.9. The third-order valence-electron chi connectivity index (χ3n) is 6.98. The van der Waals surface area contributed by atoms with E-state index in [2.05, 4.69) is 0 Å². The lowest BCUT2D eigenvalue weighted by atomic mass is 9.93. The Morgan fingerprint density at radius 1 is 1.03 bits per heavy atom. The average Bonchev–Trinajstić information content (AvgIpc) is 2.91. The van der Waals surface area contributed by atoms with E-state index >= 15 is 0 Å². The first-order chi connectivity index (χ1) is 18.7. The number of alkyl halides is 3. The monoisotopic (exact) mass is 552 g/mol. The number of aromatic nitrogens is 1. The average molecular weight is 553 g/mol. The number of unbranched alkanes of at least 4 members (excludes halogenated alkanes) is 1. The summed E-state index contributed by atoms with van der Waals surface area (Å²) < 4.78 is 44.3. The van der Waals surface area contributed by atoms with E-state index in [0.717, 1.165) is 41.3 Å². The highest BCUT2D eigenvalue weighted by atomic mass is 32.2. The minimum atomic E-state index is -4.55. The predicted molar refractivity (Wildman–Crippen MR) is 147 cm³/mol. The van der Waals surface area contributed by atoms with Crippen LogP contribution in [-0.2, 0) is 17.4 Å². The van der Waals surface area contributed by atoms with Crippen molar-refractivity contribution in [3.05, 3.63) is 99.8 Å². The molecule has 1 aromatic heterocycles. The number of rotatable bonds is 7. The number of hydrogen-bond acceptors (Lipinski definition) is 4. The number of fused-ring (bicyclic) bond motifs is 2. The van der Waals surface area contributed by atoms with Gasteiger partial charge in [0, 0.05) is 24.7 Å². The van der Waals surface area contributed by atoms with Gasteiger partial charge in [-0.05, 0) is 64.4 Å². The summed E-state index contributed by atoms with van der Waals surface area (Å²) in [4.78, 5) is 25.8. The lowest BCUT2D eigenvalue weighted by Gasteiger charge is -2.34. The van der Waals surface area contributed by atoms with Gasteiger partial charge >= 0.3 is 12.1 Å². The molecule has 1 atom stereocenters. The van der Waals surface area contributed by atoms with Crippen molar-refractivity contribution < 1.29 is 23.1 Å². The van der Waals surface area contributed by atoms with Crippen LogP contribution in [0.5, 0.6) is 0 Å². The van der Waals surface area contributed by atoms with Gasteiger partial charge in [-0.2, -0.15) is 13.2 Å². The van der Waals surface area contributed by atoms with Crippen LogP contribution in [0.15, 0.2) is 82.6 Å². The van der Waals surface area contributed by atoms with Crippen molar-refractivity contribution in [2.45, 2.75) is 43.4 Å². The maximum atomic E-state index is 13.7. The van der Waals surface area contributed by atoms with Crippen LogP contribution in [0.25, 0.3) is 21.9 Å². The van der Waals surface area contributed by atoms with Crippen LogP contribution in [0.1, 0.15) is 42.5 Å². The summed E-state index contributed by atoms with van der Waals surface area (Å²) in [6.07, 6.45) is -2.55. The number of carboxylic acid groups (broad SMARTS) is 1. The smallest absolute Gasteiger partial charge is 0.416 e. The first-order valence-corrected chi connectivity index (χ1v) is 13.5. The SMILES string of the molecule is CCCCN1CC(C(=O)O)n2c(c(-c3cccc(C(F)(F)F)c3)c(Cc3cccc4ccccc34)cc2=O)S1. The number of halogens is 3. The molecule has 1 aliphatic rings. The van der Waals surface area contributed by atoms with Crippen LogP contribution >= 0.6 is 11.9 Å². The van der Waals surface area contributed by atoms with Gasteiger partial charge in [0.25, 0.3) is 5.56 Å². The fraction of sp³-hybridized carbons (Fsp3) is 0.267. The van der Waals surface area contributed by atoms with Gasteiger partial charge in [0.15, 0.2) is 0 Å². The van der Waals surface area contributed by atoms with Crippen molar-refractivity contribution >= 4 is 28.7 Å². The number of nitrogens with zero attached hydrogens (tertiary/aromatic N) is 2. The topological polar surface area (TPSA) is 62.5 Å². The third kappa shape index (κ3) is 5.46. The molecular weight excluding hydrogens is 525 g/mol. The lowest BCUT2D eigenvalue weighted by molar-refractivity contribution is -0.141. The number of pyridine rings is 1. The molecule has 3 aromatic carbocycles. The zero-order valence-electron chi connectivity index (χ0n) is 21.2. The first-order valence-electron chi connectivity index (χ1n) is 12.8. The summed E-state index contributed by atoms with van der Waals surface area (Å²) in [5, 5.41) is 12.4. The standard InChI is InChI=1S/C30H27F3N2O3S/c1-2-3-14-34-18-25(29(37)38)35-26(36)17-22(15-20-10-6-9-19-8-4-5-13-24(19)20)27(28(35)39-34)21-11-7-12-23(16-21)30(31,32)33/h4-13,16-17,25H,2-3,14-15,18H2,1H3,(H,37,38). The van der Waals surface area contributed by atoms with E-state index in [1.54, 1.807) is 6.07 Å².